The minimum Gasteiger partial charge on any atom is -0.481 e. The van der Waals surface area contributed by atoms with Crippen molar-refractivity contribution in [1.29, 1.82) is 0 Å². The number of nitrogens with zero attached hydrogens (tertiary/aromatic N) is 4. The number of anilines is 2. The van der Waals surface area contributed by atoms with Crippen molar-refractivity contribution >= 4 is 51.2 Å². The van der Waals surface area contributed by atoms with E-state index >= 15 is 0 Å². The third kappa shape index (κ3) is 6.18. The predicted octanol–water partition coefficient (Wildman–Crippen LogP) is 2.20. The van der Waals surface area contributed by atoms with E-state index < -0.39 is 30.5 Å². The molecule has 0 aliphatic carbocycles. The molecule has 0 aromatic carbocycles. The number of amides is 3. The number of carbonyl (C=O) groups excluding carboxylic acids is 2. The molecule has 0 radical (unpaired) electrons. The maximum absolute atomic E-state index is 12.5. The Labute approximate surface area is 184 Å². The second kappa shape index (κ2) is 9.54. The fourth-order valence-electron chi connectivity index (χ4n) is 3.20. The molecule has 2 aromatic heterocycles. The Kier molecular flexibility index (Phi) is 7.01. The van der Waals surface area contributed by atoms with Gasteiger partial charge in [0, 0.05) is 37.6 Å². The van der Waals surface area contributed by atoms with Crippen LogP contribution in [0.4, 0.5) is 29.7 Å². The molecule has 1 fully saturated rings. The van der Waals surface area contributed by atoms with E-state index in [1.54, 1.807) is 0 Å². The number of halogens is 3. The van der Waals surface area contributed by atoms with Crippen LogP contribution in [-0.2, 0) is 9.59 Å². The van der Waals surface area contributed by atoms with Crippen molar-refractivity contribution in [2.24, 2.45) is 0 Å². The summed E-state index contributed by atoms with van der Waals surface area (Å²) in [5.74, 6) is -1.50. The predicted molar refractivity (Wildman–Crippen MR) is 111 cm³/mol. The van der Waals surface area contributed by atoms with Gasteiger partial charge in [-0.15, -0.1) is 11.3 Å². The summed E-state index contributed by atoms with van der Waals surface area (Å²) >= 11 is 1.39. The molecule has 3 rings (SSSR count). The van der Waals surface area contributed by atoms with Crippen molar-refractivity contribution in [1.82, 2.24) is 20.2 Å². The molecule has 32 heavy (non-hydrogen) atoms. The molecule has 0 unspecified atom stereocenters. The van der Waals surface area contributed by atoms with E-state index in [0.29, 0.717) is 10.6 Å². The average Bonchev–Trinajstić information content (AvgIpc) is 3.06. The molecule has 0 spiro atoms. The quantitative estimate of drug-likeness (QED) is 0.586. The Morgan fingerprint density at radius 1 is 1.19 bits per heavy atom. The highest BCUT2D eigenvalue weighted by molar-refractivity contribution is 7.18. The van der Waals surface area contributed by atoms with E-state index in [1.807, 2.05) is 17.9 Å². The molecule has 1 saturated heterocycles. The van der Waals surface area contributed by atoms with Crippen LogP contribution >= 0.6 is 11.3 Å². The molecule has 0 bridgehead atoms. The van der Waals surface area contributed by atoms with Crippen LogP contribution in [-0.4, -0.2) is 76.8 Å². The first-order chi connectivity index (χ1) is 15.0. The van der Waals surface area contributed by atoms with Crippen LogP contribution in [0.15, 0.2) is 6.07 Å². The summed E-state index contributed by atoms with van der Waals surface area (Å²) in [5.41, 5.74) is 0. The Bertz CT molecular complexity index is 1020. The number of nitrogens with one attached hydrogen (secondary N) is 2. The fraction of sp³-hybridized carbons (Fsp3) is 0.500. The number of aromatic nitrogens is 2. The van der Waals surface area contributed by atoms with E-state index in [4.69, 9.17) is 5.11 Å². The van der Waals surface area contributed by atoms with E-state index in [1.165, 1.54) is 16.2 Å². The van der Waals surface area contributed by atoms with Gasteiger partial charge in [0.1, 0.15) is 17.1 Å². The highest BCUT2D eigenvalue weighted by Gasteiger charge is 2.34. The summed E-state index contributed by atoms with van der Waals surface area (Å²) in [5, 5.41) is 14.2. The summed E-state index contributed by atoms with van der Waals surface area (Å²) in [6, 6.07) is 1.22. The third-order valence-electron chi connectivity index (χ3n) is 4.63. The monoisotopic (exact) mass is 474 g/mol. The molecular weight excluding hydrogens is 453 g/mol. The van der Waals surface area contributed by atoms with E-state index in [9.17, 15) is 27.6 Å². The van der Waals surface area contributed by atoms with Crippen molar-refractivity contribution in [2.75, 3.05) is 42.9 Å². The number of carboxylic acid groups (broad SMARTS) is 1. The number of carboxylic acids is 1. The molecule has 174 valence electrons. The molecule has 3 heterocycles. The van der Waals surface area contributed by atoms with Gasteiger partial charge in [0.15, 0.2) is 0 Å². The summed E-state index contributed by atoms with van der Waals surface area (Å²) in [6.07, 6.45) is -6.27. The van der Waals surface area contributed by atoms with Gasteiger partial charge < -0.3 is 20.2 Å². The summed E-state index contributed by atoms with van der Waals surface area (Å²) in [4.78, 5) is 47.7. The van der Waals surface area contributed by atoms with Crippen LogP contribution in [0.5, 0.6) is 0 Å². The normalized spacial score (nSPS) is 14.5. The van der Waals surface area contributed by atoms with Crippen molar-refractivity contribution in [3.8, 4) is 0 Å². The van der Waals surface area contributed by atoms with Crippen LogP contribution < -0.4 is 15.5 Å². The van der Waals surface area contributed by atoms with Crippen LogP contribution in [0, 0.1) is 6.92 Å². The lowest BCUT2D eigenvalue weighted by atomic mass is 10.2. The molecule has 3 N–H and O–H groups in total. The van der Waals surface area contributed by atoms with Gasteiger partial charge in [-0.3, -0.25) is 14.9 Å². The van der Waals surface area contributed by atoms with E-state index in [-0.39, 0.29) is 45.1 Å². The SMILES string of the molecule is Cc1cc2c(N3CCN(C(=O)CC(F)(F)F)CC3)nc(NC(=O)NCCC(=O)O)nc2s1. The number of thiophene rings is 1. The summed E-state index contributed by atoms with van der Waals surface area (Å²) in [7, 11) is 0. The van der Waals surface area contributed by atoms with Gasteiger partial charge in [0.05, 0.1) is 11.8 Å². The number of piperazine rings is 1. The Hall–Kier alpha value is -3.16. The number of rotatable bonds is 6. The van der Waals surface area contributed by atoms with Crippen molar-refractivity contribution in [3.05, 3.63) is 10.9 Å². The third-order valence-corrected chi connectivity index (χ3v) is 5.57. The smallest absolute Gasteiger partial charge is 0.397 e. The maximum Gasteiger partial charge on any atom is 0.397 e. The zero-order valence-corrected chi connectivity index (χ0v) is 17.8. The molecular formula is C18H21F3N6O4S. The highest BCUT2D eigenvalue weighted by atomic mass is 32.1. The zero-order valence-electron chi connectivity index (χ0n) is 17.0. The molecule has 0 atom stereocenters. The minimum absolute atomic E-state index is 0.0118. The molecule has 0 saturated carbocycles. The lowest BCUT2D eigenvalue weighted by molar-refractivity contribution is -0.161. The van der Waals surface area contributed by atoms with Crippen LogP contribution in [0.2, 0.25) is 0 Å². The summed E-state index contributed by atoms with van der Waals surface area (Å²) in [6.45, 7) is 2.59. The van der Waals surface area contributed by atoms with Gasteiger partial charge in [-0.25, -0.2) is 9.78 Å². The molecule has 14 heteroatoms. The number of carbonyl (C=O) groups is 3. The van der Waals surface area contributed by atoms with Gasteiger partial charge in [-0.2, -0.15) is 18.2 Å². The maximum atomic E-state index is 12.5. The lowest BCUT2D eigenvalue weighted by Gasteiger charge is -2.35. The first-order valence-electron chi connectivity index (χ1n) is 9.66. The van der Waals surface area contributed by atoms with Gasteiger partial charge in [-0.05, 0) is 13.0 Å². The Balaban J connectivity index is 1.73. The number of fused-ring (bicyclic) bond motifs is 1. The van der Waals surface area contributed by atoms with Crippen LogP contribution in [0.3, 0.4) is 0 Å². The number of hydrogen-bond donors (Lipinski definition) is 3. The number of alkyl halides is 3. The molecule has 1 aliphatic rings. The van der Waals surface area contributed by atoms with Crippen molar-refractivity contribution < 1.29 is 32.7 Å². The largest absolute Gasteiger partial charge is 0.481 e. The van der Waals surface area contributed by atoms with Crippen LogP contribution in [0.25, 0.3) is 10.2 Å². The second-order valence-electron chi connectivity index (χ2n) is 7.13. The molecule has 10 nitrogen and oxygen atoms in total. The van der Waals surface area contributed by atoms with Gasteiger partial charge >= 0.3 is 18.2 Å². The Morgan fingerprint density at radius 2 is 1.88 bits per heavy atom. The minimum atomic E-state index is -4.55. The highest BCUT2D eigenvalue weighted by Crippen LogP contribution is 2.32. The topological polar surface area (TPSA) is 128 Å². The second-order valence-corrected chi connectivity index (χ2v) is 8.37. The fourth-order valence-corrected chi connectivity index (χ4v) is 4.08. The standard InChI is InChI=1S/C18H21F3N6O4S/c1-10-8-11-14(27-6-4-26(5-7-27)12(28)9-18(19,20)21)23-16(24-15(11)32-10)25-17(31)22-3-2-13(29)30/h8H,2-7,9H2,1H3,(H,29,30)(H2,22,23,24,25,31). The van der Waals surface area contributed by atoms with Crippen molar-refractivity contribution in [3.63, 3.8) is 0 Å². The number of urea groups is 1. The Morgan fingerprint density at radius 3 is 2.50 bits per heavy atom. The molecule has 1 aliphatic heterocycles. The first-order valence-corrected chi connectivity index (χ1v) is 10.5. The van der Waals surface area contributed by atoms with E-state index in [2.05, 4.69) is 20.6 Å². The summed E-state index contributed by atoms with van der Waals surface area (Å²) < 4.78 is 37.5. The molecule has 2 aromatic rings. The lowest BCUT2D eigenvalue weighted by Crippen LogP contribution is -2.49. The van der Waals surface area contributed by atoms with Gasteiger partial charge in [0.2, 0.25) is 11.9 Å². The van der Waals surface area contributed by atoms with Crippen molar-refractivity contribution in [2.45, 2.75) is 25.9 Å². The average molecular weight is 474 g/mol. The van der Waals surface area contributed by atoms with E-state index in [0.717, 1.165) is 10.3 Å². The van der Waals surface area contributed by atoms with Crippen LogP contribution in [0.1, 0.15) is 17.7 Å². The van der Waals surface area contributed by atoms with Gasteiger partial charge in [0.25, 0.3) is 0 Å². The van der Waals surface area contributed by atoms with Gasteiger partial charge in [-0.1, -0.05) is 0 Å². The number of aliphatic carboxylic acids is 1. The zero-order chi connectivity index (χ0) is 23.5. The molecule has 3 amide bonds. The number of hydrogen-bond acceptors (Lipinski definition) is 7. The first kappa shape index (κ1) is 23.5. The number of aryl methyl sites for hydroxylation is 1.